The Bertz CT molecular complexity index is 667. The van der Waals surface area contributed by atoms with E-state index in [0.29, 0.717) is 20.9 Å². The van der Waals surface area contributed by atoms with E-state index in [1.807, 2.05) is 0 Å². The minimum atomic E-state index is -0.371. The Morgan fingerprint density at radius 1 is 1.45 bits per heavy atom. The molecular formula is C15H17FN2OS. The molecule has 1 fully saturated rings. The Hall–Kier alpha value is -1.62. The van der Waals surface area contributed by atoms with E-state index in [0.717, 1.165) is 19.3 Å². The molecule has 3 rings (SSSR count). The first kappa shape index (κ1) is 13.4. The lowest BCUT2D eigenvalue weighted by Gasteiger charge is -2.11. The zero-order valence-corrected chi connectivity index (χ0v) is 12.1. The number of nitrogen functional groups attached to an aromatic ring is 1. The van der Waals surface area contributed by atoms with E-state index in [1.165, 1.54) is 17.4 Å². The molecule has 0 bridgehead atoms. The zero-order valence-electron chi connectivity index (χ0n) is 11.3. The van der Waals surface area contributed by atoms with Crippen LogP contribution in [0.3, 0.4) is 0 Å². The van der Waals surface area contributed by atoms with E-state index in [2.05, 4.69) is 12.2 Å². The van der Waals surface area contributed by atoms with E-state index in [-0.39, 0.29) is 23.5 Å². The molecule has 1 aromatic carbocycles. The van der Waals surface area contributed by atoms with Gasteiger partial charge >= 0.3 is 0 Å². The lowest BCUT2D eigenvalue weighted by Crippen LogP contribution is -2.32. The van der Waals surface area contributed by atoms with Crippen LogP contribution in [0.2, 0.25) is 0 Å². The molecule has 1 saturated carbocycles. The number of hydrogen-bond acceptors (Lipinski definition) is 3. The molecule has 3 nitrogen and oxygen atoms in total. The molecule has 1 aliphatic carbocycles. The van der Waals surface area contributed by atoms with Crippen molar-refractivity contribution in [2.75, 3.05) is 5.73 Å². The van der Waals surface area contributed by atoms with Crippen LogP contribution in [0.4, 0.5) is 10.1 Å². The van der Waals surface area contributed by atoms with E-state index < -0.39 is 0 Å². The van der Waals surface area contributed by atoms with E-state index in [9.17, 15) is 9.18 Å². The summed E-state index contributed by atoms with van der Waals surface area (Å²) in [7, 11) is 0. The lowest BCUT2D eigenvalue weighted by molar-refractivity contribution is 0.0942. The van der Waals surface area contributed by atoms with Gasteiger partial charge in [-0.15, -0.1) is 11.3 Å². The molecule has 106 valence electrons. The first-order valence-electron chi connectivity index (χ1n) is 6.83. The topological polar surface area (TPSA) is 55.1 Å². The van der Waals surface area contributed by atoms with Gasteiger partial charge in [0.2, 0.25) is 0 Å². The first-order chi connectivity index (χ1) is 9.56. The van der Waals surface area contributed by atoms with Gasteiger partial charge in [0, 0.05) is 10.7 Å². The summed E-state index contributed by atoms with van der Waals surface area (Å²) in [5.74, 6) is 0.101. The van der Waals surface area contributed by atoms with Gasteiger partial charge in [0.25, 0.3) is 5.91 Å². The van der Waals surface area contributed by atoms with Gasteiger partial charge in [-0.05, 0) is 37.3 Å². The van der Waals surface area contributed by atoms with Crippen molar-refractivity contribution in [2.24, 2.45) is 5.92 Å². The number of anilines is 1. The lowest BCUT2D eigenvalue weighted by atomic mass is 10.1. The molecule has 1 heterocycles. The summed E-state index contributed by atoms with van der Waals surface area (Å²) in [6.07, 6.45) is 3.15. The van der Waals surface area contributed by atoms with Crippen molar-refractivity contribution in [3.8, 4) is 0 Å². The summed E-state index contributed by atoms with van der Waals surface area (Å²) in [6.45, 7) is 2.19. The van der Waals surface area contributed by atoms with Crippen LogP contribution in [0.5, 0.6) is 0 Å². The summed E-state index contributed by atoms with van der Waals surface area (Å²) in [4.78, 5) is 12.7. The molecule has 1 amide bonds. The van der Waals surface area contributed by atoms with Crippen LogP contribution in [0, 0.1) is 11.7 Å². The number of benzene rings is 1. The molecular weight excluding hydrogens is 275 g/mol. The summed E-state index contributed by atoms with van der Waals surface area (Å²) < 4.78 is 14.5. The third-order valence-corrected chi connectivity index (χ3v) is 5.11. The van der Waals surface area contributed by atoms with Gasteiger partial charge in [0.15, 0.2) is 0 Å². The second kappa shape index (κ2) is 5.05. The molecule has 2 unspecified atom stereocenters. The molecule has 1 aromatic heterocycles. The Morgan fingerprint density at radius 2 is 2.25 bits per heavy atom. The minimum Gasteiger partial charge on any atom is -0.397 e. The van der Waals surface area contributed by atoms with Crippen LogP contribution < -0.4 is 11.1 Å². The number of carbonyl (C=O) groups is 1. The van der Waals surface area contributed by atoms with Gasteiger partial charge in [-0.25, -0.2) is 4.39 Å². The number of thiophene rings is 1. The molecule has 0 radical (unpaired) electrons. The molecule has 2 aromatic rings. The SMILES string of the molecule is CC1CCC(NC(=O)c2sc3cccc(F)c3c2N)C1. The maximum absolute atomic E-state index is 13.8. The van der Waals surface area contributed by atoms with Crippen molar-refractivity contribution >= 4 is 33.0 Å². The van der Waals surface area contributed by atoms with E-state index in [1.54, 1.807) is 12.1 Å². The maximum Gasteiger partial charge on any atom is 0.263 e. The van der Waals surface area contributed by atoms with Crippen molar-refractivity contribution in [3.05, 3.63) is 28.9 Å². The average Bonchev–Trinajstić information content (AvgIpc) is 2.95. The van der Waals surface area contributed by atoms with Gasteiger partial charge in [0.05, 0.1) is 11.1 Å². The summed E-state index contributed by atoms with van der Waals surface area (Å²) in [5, 5.41) is 3.38. The zero-order chi connectivity index (χ0) is 14.3. The van der Waals surface area contributed by atoms with Gasteiger partial charge in [-0.3, -0.25) is 4.79 Å². The summed E-state index contributed by atoms with van der Waals surface area (Å²) in [5.41, 5.74) is 6.21. The van der Waals surface area contributed by atoms with Crippen LogP contribution in [-0.2, 0) is 0 Å². The molecule has 1 aliphatic rings. The van der Waals surface area contributed by atoms with Crippen LogP contribution in [0.15, 0.2) is 18.2 Å². The van der Waals surface area contributed by atoms with Crippen molar-refractivity contribution in [3.63, 3.8) is 0 Å². The van der Waals surface area contributed by atoms with Gasteiger partial charge < -0.3 is 11.1 Å². The molecule has 0 saturated heterocycles. The highest BCUT2D eigenvalue weighted by Gasteiger charge is 2.25. The fourth-order valence-corrected chi connectivity index (χ4v) is 3.93. The number of nitrogens with two attached hydrogens (primary N) is 1. The molecule has 2 atom stereocenters. The molecule has 5 heteroatoms. The standard InChI is InChI=1S/C15H17FN2OS/c1-8-5-6-9(7-8)18-15(19)14-13(17)12-10(16)3-2-4-11(12)20-14/h2-4,8-9H,5-7,17H2,1H3,(H,18,19). The van der Waals surface area contributed by atoms with Crippen molar-refractivity contribution in [1.29, 1.82) is 0 Å². The number of carbonyl (C=O) groups excluding carboxylic acids is 1. The molecule has 20 heavy (non-hydrogen) atoms. The Labute approximate surface area is 121 Å². The Kier molecular flexibility index (Phi) is 3.38. The Balaban J connectivity index is 1.88. The smallest absolute Gasteiger partial charge is 0.263 e. The fraction of sp³-hybridized carbons (Fsp3) is 0.400. The van der Waals surface area contributed by atoms with Gasteiger partial charge in [0.1, 0.15) is 10.7 Å². The maximum atomic E-state index is 13.8. The number of amides is 1. The quantitative estimate of drug-likeness (QED) is 0.889. The highest BCUT2D eigenvalue weighted by atomic mass is 32.1. The van der Waals surface area contributed by atoms with Crippen LogP contribution >= 0.6 is 11.3 Å². The minimum absolute atomic E-state index is 0.179. The van der Waals surface area contributed by atoms with Gasteiger partial charge in [-0.1, -0.05) is 13.0 Å². The monoisotopic (exact) mass is 292 g/mol. The number of halogens is 1. The number of fused-ring (bicyclic) bond motifs is 1. The van der Waals surface area contributed by atoms with Crippen molar-refractivity contribution in [1.82, 2.24) is 5.32 Å². The predicted molar refractivity (Wildman–Crippen MR) is 80.5 cm³/mol. The first-order valence-corrected chi connectivity index (χ1v) is 7.65. The normalized spacial score (nSPS) is 22.3. The second-order valence-corrected chi connectivity index (χ2v) is 6.60. The van der Waals surface area contributed by atoms with Gasteiger partial charge in [-0.2, -0.15) is 0 Å². The third-order valence-electron chi connectivity index (χ3n) is 3.94. The van der Waals surface area contributed by atoms with Crippen LogP contribution in [0.1, 0.15) is 35.9 Å². The molecule has 3 N–H and O–H groups in total. The fourth-order valence-electron chi connectivity index (χ4n) is 2.89. The third kappa shape index (κ3) is 2.26. The largest absolute Gasteiger partial charge is 0.397 e. The van der Waals surface area contributed by atoms with E-state index in [4.69, 9.17) is 5.73 Å². The van der Waals surface area contributed by atoms with Crippen LogP contribution in [0.25, 0.3) is 10.1 Å². The molecule has 0 spiro atoms. The predicted octanol–water partition coefficient (Wildman–Crippen LogP) is 3.54. The summed E-state index contributed by atoms with van der Waals surface area (Å²) in [6, 6.07) is 5.00. The Morgan fingerprint density at radius 3 is 2.90 bits per heavy atom. The highest BCUT2D eigenvalue weighted by molar-refractivity contribution is 7.21. The second-order valence-electron chi connectivity index (χ2n) is 5.55. The average molecular weight is 292 g/mol. The number of hydrogen-bond donors (Lipinski definition) is 2. The highest BCUT2D eigenvalue weighted by Crippen LogP contribution is 2.35. The van der Waals surface area contributed by atoms with Crippen LogP contribution in [-0.4, -0.2) is 11.9 Å². The van der Waals surface area contributed by atoms with Crippen molar-refractivity contribution < 1.29 is 9.18 Å². The van der Waals surface area contributed by atoms with Crippen molar-refractivity contribution in [2.45, 2.75) is 32.2 Å². The summed E-state index contributed by atoms with van der Waals surface area (Å²) >= 11 is 1.25. The number of nitrogens with one attached hydrogen (secondary N) is 1. The van der Waals surface area contributed by atoms with E-state index >= 15 is 0 Å². The molecule has 0 aliphatic heterocycles. The number of rotatable bonds is 2.